The summed E-state index contributed by atoms with van der Waals surface area (Å²) in [5.41, 5.74) is -0.830. The van der Waals surface area contributed by atoms with Crippen LogP contribution in [0.2, 0.25) is 0 Å². The van der Waals surface area contributed by atoms with Gasteiger partial charge in [0.2, 0.25) is 0 Å². The highest BCUT2D eigenvalue weighted by Gasteiger charge is 2.20. The van der Waals surface area contributed by atoms with Gasteiger partial charge < -0.3 is 4.98 Å². The third-order valence-corrected chi connectivity index (χ3v) is 4.90. The van der Waals surface area contributed by atoms with Crippen LogP contribution in [0.25, 0.3) is 11.3 Å². The monoisotopic (exact) mass is 377 g/mol. The van der Waals surface area contributed by atoms with Gasteiger partial charge in [-0.25, -0.2) is 21.6 Å². The number of aromatic amines is 1. The van der Waals surface area contributed by atoms with Crippen molar-refractivity contribution in [1.82, 2.24) is 4.98 Å². The van der Waals surface area contributed by atoms with Crippen LogP contribution in [0.5, 0.6) is 0 Å². The number of aromatic nitrogens is 1. The standard InChI is InChI=1S/C17H10F3N3O2S/c18-13-4-2-1-3-12(13)16-6-11(9-22-16)26(24,25)23-17-7-14(19)10(8-21)5-15(17)20/h1-7,9,22-23H. The molecule has 0 unspecified atom stereocenters. The minimum atomic E-state index is -4.27. The van der Waals surface area contributed by atoms with Crippen LogP contribution in [0.15, 0.2) is 53.6 Å². The second-order valence-corrected chi connectivity index (χ2v) is 6.94. The van der Waals surface area contributed by atoms with Crippen molar-refractivity contribution >= 4 is 15.7 Å². The predicted octanol–water partition coefficient (Wildman–Crippen LogP) is 3.77. The van der Waals surface area contributed by atoms with E-state index in [2.05, 4.69) is 4.98 Å². The number of rotatable bonds is 4. The van der Waals surface area contributed by atoms with Gasteiger partial charge in [-0.3, -0.25) is 4.72 Å². The molecule has 132 valence electrons. The van der Waals surface area contributed by atoms with Gasteiger partial charge in [0.25, 0.3) is 10.0 Å². The van der Waals surface area contributed by atoms with E-state index in [1.165, 1.54) is 30.3 Å². The van der Waals surface area contributed by atoms with Crippen LogP contribution >= 0.6 is 0 Å². The summed E-state index contributed by atoms with van der Waals surface area (Å²) in [5.74, 6) is -2.71. The second kappa shape index (κ2) is 6.57. The molecule has 0 fully saturated rings. The van der Waals surface area contributed by atoms with Gasteiger partial charge in [0, 0.05) is 23.5 Å². The SMILES string of the molecule is N#Cc1cc(F)c(NS(=O)(=O)c2c[nH]c(-c3ccccc3F)c2)cc1F. The number of nitriles is 1. The molecule has 2 N–H and O–H groups in total. The Balaban J connectivity index is 1.94. The van der Waals surface area contributed by atoms with Crippen molar-refractivity contribution in [1.29, 1.82) is 5.26 Å². The minimum absolute atomic E-state index is 0.157. The molecule has 0 amide bonds. The van der Waals surface area contributed by atoms with Crippen LogP contribution < -0.4 is 4.72 Å². The van der Waals surface area contributed by atoms with Crippen molar-refractivity contribution < 1.29 is 21.6 Å². The fourth-order valence-corrected chi connectivity index (χ4v) is 3.33. The lowest BCUT2D eigenvalue weighted by Crippen LogP contribution is -2.13. The number of H-pyrrole nitrogens is 1. The largest absolute Gasteiger partial charge is 0.360 e. The van der Waals surface area contributed by atoms with Crippen LogP contribution in [0.4, 0.5) is 18.9 Å². The third-order valence-electron chi connectivity index (χ3n) is 3.55. The molecule has 0 saturated carbocycles. The first-order valence-corrected chi connectivity index (χ1v) is 8.65. The number of halogens is 3. The molecule has 26 heavy (non-hydrogen) atoms. The number of benzene rings is 2. The number of sulfonamides is 1. The Morgan fingerprint density at radius 2 is 1.73 bits per heavy atom. The first-order chi connectivity index (χ1) is 12.3. The first kappa shape index (κ1) is 17.6. The lowest BCUT2D eigenvalue weighted by atomic mass is 10.1. The van der Waals surface area contributed by atoms with Gasteiger partial charge in [0.1, 0.15) is 28.4 Å². The Morgan fingerprint density at radius 1 is 1.00 bits per heavy atom. The number of hydrogen-bond donors (Lipinski definition) is 2. The molecule has 3 rings (SSSR count). The lowest BCUT2D eigenvalue weighted by Gasteiger charge is -2.08. The molecular formula is C17H10F3N3O2S. The molecule has 0 aliphatic carbocycles. The van der Waals surface area contributed by atoms with Gasteiger partial charge >= 0.3 is 0 Å². The molecule has 9 heteroatoms. The smallest absolute Gasteiger partial charge is 0.263 e. The van der Waals surface area contributed by atoms with E-state index in [0.29, 0.717) is 12.1 Å². The van der Waals surface area contributed by atoms with Gasteiger partial charge in [-0.05, 0) is 24.3 Å². The molecule has 1 aromatic heterocycles. The van der Waals surface area contributed by atoms with Crippen LogP contribution in [-0.2, 0) is 10.0 Å². The van der Waals surface area contributed by atoms with E-state index in [1.807, 2.05) is 4.72 Å². The van der Waals surface area contributed by atoms with E-state index in [9.17, 15) is 21.6 Å². The van der Waals surface area contributed by atoms with E-state index < -0.39 is 38.7 Å². The number of anilines is 1. The fourth-order valence-electron chi connectivity index (χ4n) is 2.28. The molecule has 0 atom stereocenters. The van der Waals surface area contributed by atoms with Gasteiger partial charge in [-0.15, -0.1) is 0 Å². The zero-order valence-corrected chi connectivity index (χ0v) is 13.7. The fraction of sp³-hybridized carbons (Fsp3) is 0. The average Bonchev–Trinajstić information content (AvgIpc) is 3.09. The predicted molar refractivity (Wildman–Crippen MR) is 88.1 cm³/mol. The molecule has 1 heterocycles. The Bertz CT molecular complexity index is 1130. The Kier molecular flexibility index (Phi) is 4.44. The second-order valence-electron chi connectivity index (χ2n) is 5.26. The Morgan fingerprint density at radius 3 is 2.42 bits per heavy atom. The van der Waals surface area contributed by atoms with Crippen molar-refractivity contribution in [3.8, 4) is 17.3 Å². The van der Waals surface area contributed by atoms with Crippen LogP contribution in [-0.4, -0.2) is 13.4 Å². The van der Waals surface area contributed by atoms with Gasteiger partial charge in [0.15, 0.2) is 0 Å². The van der Waals surface area contributed by atoms with E-state index in [1.54, 1.807) is 6.07 Å². The molecular weight excluding hydrogens is 367 g/mol. The minimum Gasteiger partial charge on any atom is -0.360 e. The van der Waals surface area contributed by atoms with Crippen LogP contribution in [0, 0.1) is 28.8 Å². The zero-order valence-electron chi connectivity index (χ0n) is 12.9. The topological polar surface area (TPSA) is 85.8 Å². The summed E-state index contributed by atoms with van der Waals surface area (Å²) in [4.78, 5) is 2.34. The molecule has 2 aromatic carbocycles. The maximum atomic E-state index is 13.9. The summed E-state index contributed by atoms with van der Waals surface area (Å²) in [7, 11) is -4.27. The van der Waals surface area contributed by atoms with Crippen molar-refractivity contribution in [2.75, 3.05) is 4.72 Å². The highest BCUT2D eigenvalue weighted by molar-refractivity contribution is 7.92. The molecule has 0 aliphatic heterocycles. The van der Waals surface area contributed by atoms with Gasteiger partial charge in [-0.2, -0.15) is 5.26 Å². The van der Waals surface area contributed by atoms with Crippen molar-refractivity contribution in [2.24, 2.45) is 0 Å². The van der Waals surface area contributed by atoms with E-state index in [0.717, 1.165) is 6.20 Å². The highest BCUT2D eigenvalue weighted by Crippen LogP contribution is 2.26. The molecule has 0 bridgehead atoms. The molecule has 3 aromatic rings. The highest BCUT2D eigenvalue weighted by atomic mass is 32.2. The van der Waals surface area contributed by atoms with E-state index in [-0.39, 0.29) is 16.2 Å². The summed E-state index contributed by atoms with van der Waals surface area (Å²) in [6, 6.07) is 9.54. The summed E-state index contributed by atoms with van der Waals surface area (Å²) in [6.45, 7) is 0. The van der Waals surface area contributed by atoms with Gasteiger partial charge in [0.05, 0.1) is 11.3 Å². The van der Waals surface area contributed by atoms with Crippen molar-refractivity contribution in [2.45, 2.75) is 4.90 Å². The number of hydrogen-bond acceptors (Lipinski definition) is 3. The van der Waals surface area contributed by atoms with Crippen molar-refractivity contribution in [3.63, 3.8) is 0 Å². The van der Waals surface area contributed by atoms with Crippen LogP contribution in [0.1, 0.15) is 5.56 Å². The van der Waals surface area contributed by atoms with Gasteiger partial charge in [-0.1, -0.05) is 12.1 Å². The average molecular weight is 377 g/mol. The van der Waals surface area contributed by atoms with Crippen LogP contribution in [0.3, 0.4) is 0 Å². The molecule has 0 spiro atoms. The summed E-state index contributed by atoms with van der Waals surface area (Å²) >= 11 is 0. The van der Waals surface area contributed by atoms with Crippen molar-refractivity contribution in [3.05, 3.63) is 71.7 Å². The maximum absolute atomic E-state index is 13.9. The summed E-state index contributed by atoms with van der Waals surface area (Å²) < 4.78 is 67.9. The molecule has 0 radical (unpaired) electrons. The zero-order chi connectivity index (χ0) is 18.9. The normalized spacial score (nSPS) is 11.2. The molecule has 0 aliphatic rings. The summed E-state index contributed by atoms with van der Waals surface area (Å²) in [6.07, 6.45) is 1.10. The third kappa shape index (κ3) is 3.27. The molecule has 0 saturated heterocycles. The summed E-state index contributed by atoms with van der Waals surface area (Å²) in [5, 5.41) is 8.65. The number of nitrogens with zero attached hydrogens (tertiary/aromatic N) is 1. The lowest BCUT2D eigenvalue weighted by molar-refractivity contribution is 0.593. The first-order valence-electron chi connectivity index (χ1n) is 7.17. The Hall–Kier alpha value is -3.25. The quantitative estimate of drug-likeness (QED) is 0.726. The maximum Gasteiger partial charge on any atom is 0.263 e. The Labute approximate surface area is 146 Å². The van der Waals surface area contributed by atoms with E-state index in [4.69, 9.17) is 5.26 Å². The molecule has 5 nitrogen and oxygen atoms in total. The van der Waals surface area contributed by atoms with E-state index >= 15 is 0 Å². The number of nitrogens with one attached hydrogen (secondary N) is 2.